The van der Waals surface area contributed by atoms with Gasteiger partial charge in [0, 0.05) is 23.2 Å². The smallest absolute Gasteiger partial charge is 0.336 e. The Balaban J connectivity index is 1.62. The summed E-state index contributed by atoms with van der Waals surface area (Å²) in [4.78, 5) is 12.0. The van der Waals surface area contributed by atoms with Crippen molar-refractivity contribution in [2.75, 3.05) is 0 Å². The molecule has 2 aromatic heterocycles. The number of aromatic nitrogens is 3. The minimum Gasteiger partial charge on any atom is -0.423 e. The van der Waals surface area contributed by atoms with Crippen LogP contribution in [-0.2, 0) is 12.2 Å². The first-order valence-electron chi connectivity index (χ1n) is 9.75. The van der Waals surface area contributed by atoms with Crippen molar-refractivity contribution < 1.29 is 4.42 Å². The Morgan fingerprint density at radius 3 is 2.78 bits per heavy atom. The number of hydrogen-bond acceptors (Lipinski definition) is 5. The molecule has 5 nitrogen and oxygen atoms in total. The number of hydrogen-bond donors (Lipinski definition) is 0. The van der Waals surface area contributed by atoms with Crippen LogP contribution in [0.4, 0.5) is 0 Å². The van der Waals surface area contributed by atoms with Crippen molar-refractivity contribution in [2.24, 2.45) is 0 Å². The van der Waals surface area contributed by atoms with E-state index in [4.69, 9.17) is 4.42 Å². The van der Waals surface area contributed by atoms with E-state index in [0.717, 1.165) is 28.4 Å². The first-order chi connectivity index (χ1) is 13.2. The van der Waals surface area contributed by atoms with Crippen LogP contribution in [0.5, 0.6) is 0 Å². The average molecular weight is 384 g/mol. The first kappa shape index (κ1) is 18.3. The highest BCUT2D eigenvalue weighted by Crippen LogP contribution is 2.34. The summed E-state index contributed by atoms with van der Waals surface area (Å²) < 4.78 is 7.72. The van der Waals surface area contributed by atoms with Crippen molar-refractivity contribution in [2.45, 2.75) is 69.3 Å². The van der Waals surface area contributed by atoms with Gasteiger partial charge in [0.2, 0.25) is 0 Å². The van der Waals surface area contributed by atoms with E-state index in [0.29, 0.717) is 17.4 Å². The lowest BCUT2D eigenvalue weighted by Crippen LogP contribution is -2.15. The molecule has 0 bridgehead atoms. The molecule has 0 radical (unpaired) electrons. The van der Waals surface area contributed by atoms with E-state index in [-0.39, 0.29) is 5.63 Å². The molecule has 0 aliphatic heterocycles. The number of nitrogens with zero attached hydrogens (tertiary/aromatic N) is 3. The van der Waals surface area contributed by atoms with Crippen LogP contribution in [0.1, 0.15) is 62.0 Å². The van der Waals surface area contributed by atoms with Crippen LogP contribution in [0.25, 0.3) is 11.0 Å². The standard InChI is InChI=1S/C21H25N3O2S/c1-3-15-9-10-18-16(12-20(25)26-19(18)11-15)13-27-21-23-22-14(2)24(21)17-7-5-4-6-8-17/h9-12,17H,3-8,13H2,1-2H3. The summed E-state index contributed by atoms with van der Waals surface area (Å²) >= 11 is 1.66. The van der Waals surface area contributed by atoms with Crippen LogP contribution in [0.15, 0.2) is 38.6 Å². The van der Waals surface area contributed by atoms with E-state index in [9.17, 15) is 4.79 Å². The third kappa shape index (κ3) is 3.81. The summed E-state index contributed by atoms with van der Waals surface area (Å²) in [7, 11) is 0. The molecule has 0 atom stereocenters. The summed E-state index contributed by atoms with van der Waals surface area (Å²) in [6, 6.07) is 8.24. The van der Waals surface area contributed by atoms with Gasteiger partial charge in [0.25, 0.3) is 0 Å². The van der Waals surface area contributed by atoms with Crippen molar-refractivity contribution in [1.82, 2.24) is 14.8 Å². The van der Waals surface area contributed by atoms with E-state index in [1.165, 1.54) is 37.7 Å². The zero-order valence-electron chi connectivity index (χ0n) is 15.9. The number of rotatable bonds is 5. The number of thioether (sulfide) groups is 1. The molecular weight excluding hydrogens is 358 g/mol. The van der Waals surface area contributed by atoms with Gasteiger partial charge in [0.15, 0.2) is 5.16 Å². The van der Waals surface area contributed by atoms with Crippen LogP contribution in [0, 0.1) is 6.92 Å². The van der Waals surface area contributed by atoms with E-state index in [1.54, 1.807) is 17.8 Å². The summed E-state index contributed by atoms with van der Waals surface area (Å²) in [6.07, 6.45) is 7.19. The summed E-state index contributed by atoms with van der Waals surface area (Å²) in [5.41, 5.74) is 2.53. The molecule has 27 heavy (non-hydrogen) atoms. The van der Waals surface area contributed by atoms with Gasteiger partial charge < -0.3 is 8.98 Å². The van der Waals surface area contributed by atoms with Gasteiger partial charge in [-0.3, -0.25) is 0 Å². The molecule has 1 saturated carbocycles. The second-order valence-electron chi connectivity index (χ2n) is 7.26. The van der Waals surface area contributed by atoms with Crippen LogP contribution in [0.3, 0.4) is 0 Å². The number of benzene rings is 1. The molecule has 1 aromatic carbocycles. The Bertz CT molecular complexity index is 1000. The van der Waals surface area contributed by atoms with Gasteiger partial charge in [-0.05, 0) is 43.4 Å². The maximum Gasteiger partial charge on any atom is 0.336 e. The highest BCUT2D eigenvalue weighted by molar-refractivity contribution is 7.98. The zero-order chi connectivity index (χ0) is 18.8. The molecule has 0 unspecified atom stereocenters. The van der Waals surface area contributed by atoms with Crippen molar-refractivity contribution in [3.8, 4) is 0 Å². The van der Waals surface area contributed by atoms with Crippen molar-refractivity contribution >= 4 is 22.7 Å². The lowest BCUT2D eigenvalue weighted by molar-refractivity contribution is 0.332. The van der Waals surface area contributed by atoms with Gasteiger partial charge in [-0.15, -0.1) is 10.2 Å². The lowest BCUT2D eigenvalue weighted by Gasteiger charge is -2.25. The second kappa shape index (κ2) is 7.89. The van der Waals surface area contributed by atoms with Gasteiger partial charge in [-0.25, -0.2) is 4.79 Å². The minimum absolute atomic E-state index is 0.295. The molecule has 0 saturated heterocycles. The molecule has 4 rings (SSSR count). The lowest BCUT2D eigenvalue weighted by atomic mass is 9.95. The van der Waals surface area contributed by atoms with Crippen LogP contribution < -0.4 is 5.63 Å². The Hall–Kier alpha value is -2.08. The quantitative estimate of drug-likeness (QED) is 0.456. The normalized spacial score (nSPS) is 15.5. The first-order valence-corrected chi connectivity index (χ1v) is 10.7. The zero-order valence-corrected chi connectivity index (χ0v) is 16.7. The molecule has 6 heteroatoms. The maximum atomic E-state index is 12.0. The van der Waals surface area contributed by atoms with Gasteiger partial charge in [-0.2, -0.15) is 0 Å². The summed E-state index contributed by atoms with van der Waals surface area (Å²) in [6.45, 7) is 4.13. The SMILES string of the molecule is CCc1ccc2c(CSc3nnc(C)n3C3CCCCC3)cc(=O)oc2c1. The van der Waals surface area contributed by atoms with Crippen molar-refractivity contribution in [3.63, 3.8) is 0 Å². The van der Waals surface area contributed by atoms with E-state index < -0.39 is 0 Å². The Morgan fingerprint density at radius 2 is 2.00 bits per heavy atom. The average Bonchev–Trinajstić information content (AvgIpc) is 3.06. The van der Waals surface area contributed by atoms with E-state index in [1.807, 2.05) is 13.0 Å². The van der Waals surface area contributed by atoms with Crippen LogP contribution in [0.2, 0.25) is 0 Å². The van der Waals surface area contributed by atoms with Gasteiger partial charge in [-0.1, -0.05) is 50.1 Å². The maximum absolute atomic E-state index is 12.0. The molecule has 0 amide bonds. The fraction of sp³-hybridized carbons (Fsp3) is 0.476. The molecule has 2 heterocycles. The number of aryl methyl sites for hydroxylation is 2. The van der Waals surface area contributed by atoms with Crippen molar-refractivity contribution in [1.29, 1.82) is 0 Å². The largest absolute Gasteiger partial charge is 0.423 e. The predicted molar refractivity (Wildman–Crippen MR) is 108 cm³/mol. The van der Waals surface area contributed by atoms with Crippen LogP contribution in [-0.4, -0.2) is 14.8 Å². The van der Waals surface area contributed by atoms with Gasteiger partial charge >= 0.3 is 5.63 Å². The fourth-order valence-corrected chi connectivity index (χ4v) is 5.01. The molecule has 0 N–H and O–H groups in total. The molecular formula is C21H25N3O2S. The molecule has 1 aliphatic rings. The fourth-order valence-electron chi connectivity index (χ4n) is 3.96. The summed E-state index contributed by atoms with van der Waals surface area (Å²) in [5, 5.41) is 10.7. The Morgan fingerprint density at radius 1 is 1.19 bits per heavy atom. The second-order valence-corrected chi connectivity index (χ2v) is 8.20. The third-order valence-corrected chi connectivity index (χ3v) is 6.43. The Labute approximate surface area is 163 Å². The van der Waals surface area contributed by atoms with Crippen molar-refractivity contribution in [3.05, 3.63) is 51.6 Å². The molecule has 0 spiro atoms. The predicted octanol–water partition coefficient (Wildman–Crippen LogP) is 5.05. The minimum atomic E-state index is -0.295. The van der Waals surface area contributed by atoms with Crippen LogP contribution >= 0.6 is 11.8 Å². The van der Waals surface area contributed by atoms with Gasteiger partial charge in [0.1, 0.15) is 11.4 Å². The highest BCUT2D eigenvalue weighted by Gasteiger charge is 2.21. The molecule has 3 aromatic rings. The third-order valence-electron chi connectivity index (χ3n) is 5.43. The molecule has 1 fully saturated rings. The van der Waals surface area contributed by atoms with E-state index >= 15 is 0 Å². The molecule has 142 valence electrons. The number of fused-ring (bicyclic) bond motifs is 1. The summed E-state index contributed by atoms with van der Waals surface area (Å²) in [5.74, 6) is 1.66. The topological polar surface area (TPSA) is 60.9 Å². The highest BCUT2D eigenvalue weighted by atomic mass is 32.2. The van der Waals surface area contributed by atoms with E-state index in [2.05, 4.69) is 33.8 Å². The Kier molecular flexibility index (Phi) is 5.34. The van der Waals surface area contributed by atoms with Gasteiger partial charge in [0.05, 0.1) is 0 Å². The molecule has 1 aliphatic carbocycles. The monoisotopic (exact) mass is 383 g/mol.